The van der Waals surface area contributed by atoms with Gasteiger partial charge in [0.1, 0.15) is 36.6 Å². The van der Waals surface area contributed by atoms with Crippen molar-refractivity contribution in [2.24, 2.45) is 0 Å². The average molecular weight is 1010 g/mol. The molecule has 0 spiro atoms. The number of rotatable bonds is 53. The lowest BCUT2D eigenvalue weighted by atomic mass is 9.98. The van der Waals surface area contributed by atoms with E-state index in [-0.39, 0.29) is 12.8 Å². The second-order valence-electron chi connectivity index (χ2n) is 21.8. The highest BCUT2D eigenvalue weighted by Crippen LogP contribution is 2.24. The zero-order chi connectivity index (χ0) is 51.8. The van der Waals surface area contributed by atoms with E-state index in [0.29, 0.717) is 12.8 Å². The molecule has 0 aromatic rings. The number of nitrogens with one attached hydrogen (secondary N) is 1. The summed E-state index contributed by atoms with van der Waals surface area (Å²) in [6.45, 7) is 3.47. The van der Waals surface area contributed by atoms with Crippen molar-refractivity contribution in [1.29, 1.82) is 0 Å². The second kappa shape index (κ2) is 49.7. The monoisotopic (exact) mass is 1010 g/mol. The Hall–Kier alpha value is -1.15. The predicted octanol–water partition coefficient (Wildman–Crippen LogP) is 13.1. The van der Waals surface area contributed by atoms with Gasteiger partial charge in [0.15, 0.2) is 6.29 Å². The number of carbonyl (C=O) groups is 1. The standard InChI is InChI=1S/C60H117NO10/c1-3-5-7-9-11-13-15-17-19-20-21-22-23-24-25-26-27-28-29-30-31-32-33-34-36-37-39-41-43-45-47-52(63)55(65)51(50-70-60-58(68)57(67)56(66)54(49-62)71-60)61-59(69)53(64)48-46-44-42-40-38-35-18-16-14-12-10-8-6-4-2/h39,41,51-58,60,62-68H,3-38,40,42-50H2,1-2H3,(H,61,69)/b41-39+. The normalized spacial score (nSPS) is 20.2. The fourth-order valence-electron chi connectivity index (χ4n) is 10.1. The Balaban J connectivity index is 2.23. The molecule has 1 amide bonds. The molecule has 71 heavy (non-hydrogen) atoms. The van der Waals surface area contributed by atoms with Crippen LogP contribution in [0.15, 0.2) is 12.2 Å². The molecule has 0 radical (unpaired) electrons. The summed E-state index contributed by atoms with van der Waals surface area (Å²) in [6.07, 6.45) is 47.2. The summed E-state index contributed by atoms with van der Waals surface area (Å²) in [5.41, 5.74) is 0. The molecule has 0 aromatic carbocycles. The van der Waals surface area contributed by atoms with Crippen molar-refractivity contribution in [3.63, 3.8) is 0 Å². The van der Waals surface area contributed by atoms with Crippen LogP contribution in [0.4, 0.5) is 0 Å². The molecular weight excluding hydrogens is 895 g/mol. The number of aliphatic hydroxyl groups is 7. The maximum Gasteiger partial charge on any atom is 0.249 e. The van der Waals surface area contributed by atoms with Gasteiger partial charge in [0.2, 0.25) is 5.91 Å². The summed E-state index contributed by atoms with van der Waals surface area (Å²) in [6, 6.07) is -1.18. The van der Waals surface area contributed by atoms with Gasteiger partial charge in [0.25, 0.3) is 0 Å². The van der Waals surface area contributed by atoms with Crippen LogP contribution < -0.4 is 5.32 Å². The Morgan fingerprint density at radius 3 is 1.21 bits per heavy atom. The third-order valence-corrected chi connectivity index (χ3v) is 15.1. The number of ether oxygens (including phenoxy) is 2. The first-order valence-corrected chi connectivity index (χ1v) is 30.6. The number of unbranched alkanes of at least 4 members (excludes halogenated alkanes) is 39. The Morgan fingerprint density at radius 1 is 0.479 bits per heavy atom. The number of amides is 1. The lowest BCUT2D eigenvalue weighted by Crippen LogP contribution is -2.60. The Bertz CT molecular complexity index is 1160. The van der Waals surface area contributed by atoms with Gasteiger partial charge in [-0.15, -0.1) is 0 Å². The van der Waals surface area contributed by atoms with Gasteiger partial charge >= 0.3 is 0 Å². The molecule has 1 aliphatic rings. The maximum atomic E-state index is 13.1. The largest absolute Gasteiger partial charge is 0.394 e. The van der Waals surface area contributed by atoms with Crippen LogP contribution in [0, 0.1) is 0 Å². The van der Waals surface area contributed by atoms with Crippen molar-refractivity contribution < 1.29 is 50.0 Å². The maximum absolute atomic E-state index is 13.1. The van der Waals surface area contributed by atoms with Gasteiger partial charge in [-0.2, -0.15) is 0 Å². The summed E-state index contributed by atoms with van der Waals surface area (Å²) in [5, 5.41) is 76.1. The van der Waals surface area contributed by atoms with E-state index < -0.39 is 74.2 Å². The molecule has 422 valence electrons. The quantitative estimate of drug-likeness (QED) is 0.0215. The van der Waals surface area contributed by atoms with E-state index >= 15 is 0 Å². The number of hydrogen-bond donors (Lipinski definition) is 8. The minimum Gasteiger partial charge on any atom is -0.394 e. The first-order valence-electron chi connectivity index (χ1n) is 30.6. The van der Waals surface area contributed by atoms with E-state index in [1.165, 1.54) is 218 Å². The van der Waals surface area contributed by atoms with Crippen LogP contribution in [0.25, 0.3) is 0 Å². The SMILES string of the molecule is CCCCCCCCCCCCCCCCCCCCCCCCCCC/C=C/CCCC(O)C(O)C(COC1OC(CO)C(O)C(O)C1O)NC(=O)C(O)CCCCCCCCCCCCCCCC. The van der Waals surface area contributed by atoms with E-state index in [0.717, 1.165) is 38.5 Å². The van der Waals surface area contributed by atoms with Gasteiger partial charge in [-0.05, 0) is 38.5 Å². The molecule has 9 unspecified atom stereocenters. The Labute approximate surface area is 436 Å². The van der Waals surface area contributed by atoms with E-state index in [9.17, 15) is 40.5 Å². The van der Waals surface area contributed by atoms with Gasteiger partial charge in [0, 0.05) is 0 Å². The Morgan fingerprint density at radius 2 is 0.831 bits per heavy atom. The summed E-state index contributed by atoms with van der Waals surface area (Å²) >= 11 is 0. The van der Waals surface area contributed by atoms with Crippen LogP contribution >= 0.6 is 0 Å². The highest BCUT2D eigenvalue weighted by Gasteiger charge is 2.44. The van der Waals surface area contributed by atoms with Crippen molar-refractivity contribution in [3.8, 4) is 0 Å². The highest BCUT2D eigenvalue weighted by molar-refractivity contribution is 5.80. The molecule has 1 saturated heterocycles. The van der Waals surface area contributed by atoms with Gasteiger partial charge in [-0.3, -0.25) is 4.79 Å². The molecule has 11 nitrogen and oxygen atoms in total. The third-order valence-electron chi connectivity index (χ3n) is 15.1. The third kappa shape index (κ3) is 38.1. The van der Waals surface area contributed by atoms with Crippen molar-refractivity contribution in [3.05, 3.63) is 12.2 Å². The first-order chi connectivity index (χ1) is 34.7. The molecule has 0 aromatic heterocycles. The van der Waals surface area contributed by atoms with Crippen molar-refractivity contribution in [1.82, 2.24) is 5.32 Å². The van der Waals surface area contributed by atoms with Gasteiger partial charge < -0.3 is 50.5 Å². The number of aliphatic hydroxyl groups excluding tert-OH is 7. The topological polar surface area (TPSA) is 189 Å². The van der Waals surface area contributed by atoms with Crippen LogP contribution in [0.1, 0.15) is 296 Å². The zero-order valence-corrected chi connectivity index (χ0v) is 46.2. The lowest BCUT2D eigenvalue weighted by molar-refractivity contribution is -0.303. The van der Waals surface area contributed by atoms with Gasteiger partial charge in [-0.25, -0.2) is 0 Å². The minimum atomic E-state index is -1.66. The summed E-state index contributed by atoms with van der Waals surface area (Å²) < 4.78 is 11.1. The molecular formula is C60H117NO10. The molecule has 1 fully saturated rings. The predicted molar refractivity (Wildman–Crippen MR) is 293 cm³/mol. The number of allylic oxidation sites excluding steroid dienone is 2. The summed E-state index contributed by atoms with van der Waals surface area (Å²) in [7, 11) is 0. The van der Waals surface area contributed by atoms with Crippen LogP contribution in [0.5, 0.6) is 0 Å². The van der Waals surface area contributed by atoms with Crippen molar-refractivity contribution in [2.75, 3.05) is 13.2 Å². The number of carbonyl (C=O) groups excluding carboxylic acids is 1. The van der Waals surface area contributed by atoms with Crippen molar-refractivity contribution >= 4 is 5.91 Å². The second-order valence-corrected chi connectivity index (χ2v) is 21.8. The minimum absolute atomic E-state index is 0.259. The van der Waals surface area contributed by atoms with Gasteiger partial charge in [-0.1, -0.05) is 270 Å². The van der Waals surface area contributed by atoms with Crippen LogP contribution in [0.3, 0.4) is 0 Å². The van der Waals surface area contributed by atoms with E-state index in [4.69, 9.17) is 9.47 Å². The van der Waals surface area contributed by atoms with E-state index in [1.54, 1.807) is 0 Å². The average Bonchev–Trinajstić information content (AvgIpc) is 3.37. The van der Waals surface area contributed by atoms with Gasteiger partial charge in [0.05, 0.1) is 25.4 Å². The fraction of sp³-hybridized carbons (Fsp3) is 0.950. The molecule has 9 atom stereocenters. The molecule has 0 aliphatic carbocycles. The van der Waals surface area contributed by atoms with Crippen molar-refractivity contribution in [2.45, 2.75) is 351 Å². The summed E-state index contributed by atoms with van der Waals surface area (Å²) in [4.78, 5) is 13.1. The number of hydrogen-bond acceptors (Lipinski definition) is 10. The van der Waals surface area contributed by atoms with E-state index in [1.807, 2.05) is 0 Å². The van der Waals surface area contributed by atoms with Crippen LogP contribution in [0.2, 0.25) is 0 Å². The lowest BCUT2D eigenvalue weighted by Gasteiger charge is -2.40. The zero-order valence-electron chi connectivity index (χ0n) is 46.2. The molecule has 1 aliphatic heterocycles. The van der Waals surface area contributed by atoms with Crippen LogP contribution in [-0.2, 0) is 14.3 Å². The smallest absolute Gasteiger partial charge is 0.249 e. The fourth-order valence-corrected chi connectivity index (χ4v) is 10.1. The first kappa shape index (κ1) is 67.9. The van der Waals surface area contributed by atoms with E-state index in [2.05, 4.69) is 31.3 Å². The molecule has 11 heteroatoms. The summed E-state index contributed by atoms with van der Waals surface area (Å²) in [5.74, 6) is -0.702. The Kier molecular flexibility index (Phi) is 47.5. The molecule has 0 bridgehead atoms. The molecule has 1 heterocycles. The van der Waals surface area contributed by atoms with Crippen LogP contribution in [-0.4, -0.2) is 110 Å². The highest BCUT2D eigenvalue weighted by atomic mass is 16.7. The molecule has 0 saturated carbocycles. The molecule has 1 rings (SSSR count). The molecule has 8 N–H and O–H groups in total.